The van der Waals surface area contributed by atoms with Crippen molar-refractivity contribution in [3.8, 4) is 5.75 Å². The molecule has 2 N–H and O–H groups in total. The van der Waals surface area contributed by atoms with Gasteiger partial charge in [-0.3, -0.25) is 4.79 Å². The van der Waals surface area contributed by atoms with Crippen molar-refractivity contribution in [2.24, 2.45) is 5.73 Å². The van der Waals surface area contributed by atoms with Crippen LogP contribution in [0.4, 0.5) is 13.2 Å². The van der Waals surface area contributed by atoms with E-state index in [-0.39, 0.29) is 10.2 Å². The molecule has 16 heavy (non-hydrogen) atoms. The Bertz CT molecular complexity index is 412. The molecule has 1 amide bonds. The Morgan fingerprint density at radius 2 is 2.12 bits per heavy atom. The number of hydrogen-bond acceptors (Lipinski definition) is 2. The zero-order valence-electron chi connectivity index (χ0n) is 7.84. The normalized spacial score (nSPS) is 10.6. The summed E-state index contributed by atoms with van der Waals surface area (Å²) in [4.78, 5) is 10.8. The third kappa shape index (κ3) is 3.13. The van der Waals surface area contributed by atoms with Crippen LogP contribution in [0.25, 0.3) is 0 Å². The van der Waals surface area contributed by atoms with E-state index in [2.05, 4.69) is 20.7 Å². The quantitative estimate of drug-likeness (QED) is 0.927. The van der Waals surface area contributed by atoms with E-state index in [0.29, 0.717) is 0 Å². The van der Waals surface area contributed by atoms with Crippen LogP contribution in [0, 0.1) is 5.82 Å². The SMILES string of the molecule is NC(=O)c1cc(OCC(F)F)c(Br)cc1F. The molecule has 1 rings (SSSR count). The molecule has 1 aromatic carbocycles. The number of hydrogen-bond donors (Lipinski definition) is 1. The molecule has 0 spiro atoms. The molecule has 0 heterocycles. The minimum atomic E-state index is -2.66. The van der Waals surface area contributed by atoms with Crippen molar-refractivity contribution < 1.29 is 22.7 Å². The van der Waals surface area contributed by atoms with Crippen LogP contribution in [-0.2, 0) is 0 Å². The van der Waals surface area contributed by atoms with Gasteiger partial charge < -0.3 is 10.5 Å². The standard InChI is InChI=1S/C9H7BrF3NO2/c10-5-2-6(11)4(9(14)15)1-7(5)16-3-8(12)13/h1-2,8H,3H2,(H2,14,15). The molecule has 0 atom stereocenters. The molecule has 88 valence electrons. The van der Waals surface area contributed by atoms with E-state index in [9.17, 15) is 18.0 Å². The summed E-state index contributed by atoms with van der Waals surface area (Å²) in [6, 6.07) is 1.91. The van der Waals surface area contributed by atoms with Gasteiger partial charge in [0.1, 0.15) is 18.2 Å². The number of rotatable bonds is 4. The molecule has 0 unspecified atom stereocenters. The van der Waals surface area contributed by atoms with Gasteiger partial charge in [-0.1, -0.05) is 0 Å². The third-order valence-electron chi connectivity index (χ3n) is 1.65. The van der Waals surface area contributed by atoms with Crippen molar-refractivity contribution in [3.63, 3.8) is 0 Å². The number of carbonyl (C=O) groups excluding carboxylic acids is 1. The van der Waals surface area contributed by atoms with Crippen LogP contribution in [0.2, 0.25) is 0 Å². The Hall–Kier alpha value is -1.24. The van der Waals surface area contributed by atoms with Gasteiger partial charge in [-0.25, -0.2) is 13.2 Å². The van der Waals surface area contributed by atoms with E-state index in [1.165, 1.54) is 0 Å². The lowest BCUT2D eigenvalue weighted by Crippen LogP contribution is -2.14. The van der Waals surface area contributed by atoms with Crippen molar-refractivity contribution in [3.05, 3.63) is 28.0 Å². The Labute approximate surface area is 97.5 Å². The maximum atomic E-state index is 13.1. The highest BCUT2D eigenvalue weighted by Crippen LogP contribution is 2.28. The summed E-state index contributed by atoms with van der Waals surface area (Å²) in [6.45, 7) is -0.845. The van der Waals surface area contributed by atoms with E-state index in [4.69, 9.17) is 5.73 Å². The lowest BCUT2D eigenvalue weighted by Gasteiger charge is -2.09. The smallest absolute Gasteiger partial charge is 0.272 e. The highest BCUT2D eigenvalue weighted by molar-refractivity contribution is 9.10. The lowest BCUT2D eigenvalue weighted by molar-refractivity contribution is 0.0814. The monoisotopic (exact) mass is 297 g/mol. The van der Waals surface area contributed by atoms with E-state index in [1.807, 2.05) is 0 Å². The van der Waals surface area contributed by atoms with Gasteiger partial charge >= 0.3 is 0 Å². The van der Waals surface area contributed by atoms with Crippen LogP contribution in [0.3, 0.4) is 0 Å². The second kappa shape index (κ2) is 5.20. The van der Waals surface area contributed by atoms with Crippen LogP contribution in [-0.4, -0.2) is 18.9 Å². The third-order valence-corrected chi connectivity index (χ3v) is 2.27. The van der Waals surface area contributed by atoms with Gasteiger partial charge in [0.25, 0.3) is 12.3 Å². The number of alkyl halides is 2. The molecule has 0 radical (unpaired) electrons. The van der Waals surface area contributed by atoms with Crippen molar-refractivity contribution >= 4 is 21.8 Å². The molecule has 7 heteroatoms. The van der Waals surface area contributed by atoms with E-state index >= 15 is 0 Å². The molecule has 1 aromatic rings. The van der Waals surface area contributed by atoms with E-state index < -0.39 is 30.3 Å². The Morgan fingerprint density at radius 1 is 1.50 bits per heavy atom. The Kier molecular flexibility index (Phi) is 4.17. The summed E-state index contributed by atoms with van der Waals surface area (Å²) in [6.07, 6.45) is -2.66. The molecule has 0 fully saturated rings. The Morgan fingerprint density at radius 3 is 2.62 bits per heavy atom. The molecule has 0 saturated heterocycles. The first-order valence-electron chi connectivity index (χ1n) is 4.11. The highest BCUT2D eigenvalue weighted by atomic mass is 79.9. The van der Waals surface area contributed by atoms with Crippen LogP contribution in [0.1, 0.15) is 10.4 Å². The fourth-order valence-electron chi connectivity index (χ4n) is 0.981. The average Bonchev–Trinajstić information content (AvgIpc) is 2.15. The van der Waals surface area contributed by atoms with Crippen LogP contribution >= 0.6 is 15.9 Å². The number of carbonyl (C=O) groups is 1. The zero-order chi connectivity index (χ0) is 12.3. The summed E-state index contributed by atoms with van der Waals surface area (Å²) in [5.41, 5.74) is 4.48. The van der Waals surface area contributed by atoms with Gasteiger partial charge in [0.15, 0.2) is 0 Å². The van der Waals surface area contributed by atoms with Gasteiger partial charge in [0, 0.05) is 0 Å². The average molecular weight is 298 g/mol. The van der Waals surface area contributed by atoms with Crippen LogP contribution in [0.5, 0.6) is 5.75 Å². The summed E-state index contributed by atoms with van der Waals surface area (Å²) in [7, 11) is 0. The molecular formula is C9H7BrF3NO2. The second-order valence-electron chi connectivity index (χ2n) is 2.83. The summed E-state index contributed by atoms with van der Waals surface area (Å²) in [5.74, 6) is -1.90. The minimum Gasteiger partial charge on any atom is -0.486 e. The largest absolute Gasteiger partial charge is 0.486 e. The second-order valence-corrected chi connectivity index (χ2v) is 3.68. The first-order valence-corrected chi connectivity index (χ1v) is 4.91. The first kappa shape index (κ1) is 12.8. The number of ether oxygens (including phenoxy) is 1. The topological polar surface area (TPSA) is 52.3 Å². The molecule has 0 aliphatic carbocycles. The predicted octanol–water partition coefficient (Wildman–Crippen LogP) is 2.33. The van der Waals surface area contributed by atoms with Gasteiger partial charge in [0.2, 0.25) is 0 Å². The van der Waals surface area contributed by atoms with Gasteiger partial charge in [-0.05, 0) is 28.1 Å². The van der Waals surface area contributed by atoms with Crippen molar-refractivity contribution in [1.29, 1.82) is 0 Å². The maximum Gasteiger partial charge on any atom is 0.272 e. The molecule has 0 aliphatic heterocycles. The van der Waals surface area contributed by atoms with Crippen molar-refractivity contribution in [2.75, 3.05) is 6.61 Å². The van der Waals surface area contributed by atoms with Gasteiger partial charge in [-0.15, -0.1) is 0 Å². The number of halogens is 4. The number of amides is 1. The van der Waals surface area contributed by atoms with E-state index in [0.717, 1.165) is 12.1 Å². The van der Waals surface area contributed by atoms with E-state index in [1.54, 1.807) is 0 Å². The highest BCUT2D eigenvalue weighted by Gasteiger charge is 2.14. The van der Waals surface area contributed by atoms with Crippen molar-refractivity contribution in [2.45, 2.75) is 6.43 Å². The van der Waals surface area contributed by atoms with Crippen LogP contribution in [0.15, 0.2) is 16.6 Å². The summed E-state index contributed by atoms with van der Waals surface area (Å²) >= 11 is 2.92. The molecule has 0 bridgehead atoms. The maximum absolute atomic E-state index is 13.1. The molecule has 0 aliphatic rings. The zero-order valence-corrected chi connectivity index (χ0v) is 9.43. The number of primary amides is 1. The van der Waals surface area contributed by atoms with Gasteiger partial charge in [-0.2, -0.15) is 0 Å². The fraction of sp³-hybridized carbons (Fsp3) is 0.222. The number of nitrogens with two attached hydrogens (primary N) is 1. The lowest BCUT2D eigenvalue weighted by atomic mass is 10.2. The molecule has 3 nitrogen and oxygen atoms in total. The molecule has 0 aromatic heterocycles. The van der Waals surface area contributed by atoms with Crippen molar-refractivity contribution in [1.82, 2.24) is 0 Å². The number of benzene rings is 1. The minimum absolute atomic E-state index is 0.0597. The predicted molar refractivity (Wildman–Crippen MR) is 54.1 cm³/mol. The summed E-state index contributed by atoms with van der Waals surface area (Å²) in [5, 5.41) is 0. The van der Waals surface area contributed by atoms with Gasteiger partial charge in [0.05, 0.1) is 10.0 Å². The van der Waals surface area contributed by atoms with Crippen LogP contribution < -0.4 is 10.5 Å². The molecule has 0 saturated carbocycles. The Balaban J connectivity index is 3.00. The molecular weight excluding hydrogens is 291 g/mol. The first-order chi connectivity index (χ1) is 7.41. The summed E-state index contributed by atoms with van der Waals surface area (Å²) < 4.78 is 41.7. The fourth-order valence-corrected chi connectivity index (χ4v) is 1.41.